The summed E-state index contributed by atoms with van der Waals surface area (Å²) in [6.45, 7) is 2.51. The Morgan fingerprint density at radius 2 is 2.00 bits per heavy atom. The van der Waals surface area contributed by atoms with Crippen LogP contribution in [0.4, 0.5) is 24.0 Å². The van der Waals surface area contributed by atoms with Crippen molar-refractivity contribution >= 4 is 60.7 Å². The minimum atomic E-state index is -0.948. The van der Waals surface area contributed by atoms with Crippen molar-refractivity contribution < 1.29 is 22.7 Å². The lowest BCUT2D eigenvalue weighted by molar-refractivity contribution is -0.131. The third-order valence-electron chi connectivity index (χ3n) is 12.4. The minimum Gasteiger partial charge on any atom is -0.461 e. The SMILES string of the molecule is N#Cc1c(N)sc2c(F)ccc(-c3c(Cl)cc4c(N5CCC6C5CCN6C(=O)[C@@H]5N[C@H]5C5CC5)nc(OC[C@@]56CCCN5C[C@H](F)C6)nc4c3F)c12. The number of fused-ring (bicyclic) bond motifs is 4. The molecule has 6 fully saturated rings. The first-order valence-corrected chi connectivity index (χ1v) is 19.3. The standard InChI is InChI=1S/C37H36ClF3N8O2S/c38-22-12-20-30(28(41)27(22)19-4-5-23(40)32-26(19)21(14-42)33(43)52-32)45-36(51-16-37-8-1-9-47(37)15-18(39)13-37)46-34(20)48-10-6-25-24(48)7-11-49(25)35(50)31-29(44-31)17-2-3-17/h4-5,12,17-18,24-25,29,31,44H,1-3,6-11,13,15-16,43H2/t18-,24?,25?,29+,31-,37+/m1/s1. The Morgan fingerprint density at radius 3 is 2.81 bits per heavy atom. The molecule has 1 saturated carbocycles. The van der Waals surface area contributed by atoms with E-state index < -0.39 is 23.3 Å². The first-order chi connectivity index (χ1) is 25.2. The van der Waals surface area contributed by atoms with E-state index in [0.29, 0.717) is 43.2 Å². The average Bonchev–Trinajstić information content (AvgIpc) is 3.89. The molecule has 6 atom stereocenters. The second-order valence-corrected chi connectivity index (χ2v) is 16.8. The van der Waals surface area contributed by atoms with Crippen LogP contribution in [0.25, 0.3) is 32.1 Å². The van der Waals surface area contributed by atoms with Crippen LogP contribution in [-0.4, -0.2) is 94.3 Å². The molecular weight excluding hydrogens is 713 g/mol. The van der Waals surface area contributed by atoms with Gasteiger partial charge >= 0.3 is 6.01 Å². The molecule has 0 radical (unpaired) electrons. The van der Waals surface area contributed by atoms with Gasteiger partial charge in [-0.3, -0.25) is 15.0 Å². The third kappa shape index (κ3) is 4.92. The number of amides is 1. The highest BCUT2D eigenvalue weighted by Gasteiger charge is 2.55. The van der Waals surface area contributed by atoms with Crippen molar-refractivity contribution in [2.24, 2.45) is 5.92 Å². The molecule has 4 aromatic rings. The topological polar surface area (TPSA) is 134 Å². The highest BCUT2D eigenvalue weighted by Crippen LogP contribution is 2.48. The summed E-state index contributed by atoms with van der Waals surface area (Å²) in [5.74, 6) is -0.139. The van der Waals surface area contributed by atoms with Crippen molar-refractivity contribution in [3.63, 3.8) is 0 Å². The van der Waals surface area contributed by atoms with E-state index in [-0.39, 0.29) is 85.0 Å². The number of nitriles is 1. The monoisotopic (exact) mass is 748 g/mol. The molecule has 2 unspecified atom stereocenters. The lowest BCUT2D eigenvalue weighted by atomic mass is 9.95. The predicted octanol–water partition coefficient (Wildman–Crippen LogP) is 5.78. The summed E-state index contributed by atoms with van der Waals surface area (Å²) in [5.41, 5.74) is 5.81. The summed E-state index contributed by atoms with van der Waals surface area (Å²) in [7, 11) is 0. The molecule has 5 aliphatic heterocycles. The number of likely N-dealkylation sites (tertiary alicyclic amines) is 1. The zero-order valence-electron chi connectivity index (χ0n) is 28.2. The van der Waals surface area contributed by atoms with Crippen molar-refractivity contribution in [2.75, 3.05) is 43.4 Å². The molecule has 270 valence electrons. The Labute approximate surface area is 306 Å². The summed E-state index contributed by atoms with van der Waals surface area (Å²) in [5, 5.41) is 14.1. The van der Waals surface area contributed by atoms with E-state index in [0.717, 1.165) is 43.6 Å². The molecule has 10 nitrogen and oxygen atoms in total. The Balaban J connectivity index is 1.07. The Bertz CT molecular complexity index is 2230. The van der Waals surface area contributed by atoms with E-state index in [1.165, 1.54) is 25.0 Å². The lowest BCUT2D eigenvalue weighted by Crippen LogP contribution is -2.43. The maximum atomic E-state index is 17.2. The van der Waals surface area contributed by atoms with E-state index in [2.05, 4.69) is 20.1 Å². The molecule has 0 spiro atoms. The van der Waals surface area contributed by atoms with E-state index in [1.807, 2.05) is 11.0 Å². The second-order valence-electron chi connectivity index (χ2n) is 15.3. The van der Waals surface area contributed by atoms with Gasteiger partial charge in [-0.05, 0) is 68.7 Å². The molecule has 2 aromatic carbocycles. The highest BCUT2D eigenvalue weighted by atomic mass is 35.5. The van der Waals surface area contributed by atoms with Gasteiger partial charge in [0, 0.05) is 48.4 Å². The van der Waals surface area contributed by atoms with Crippen LogP contribution in [0.3, 0.4) is 0 Å². The van der Waals surface area contributed by atoms with Gasteiger partial charge in [-0.15, -0.1) is 11.3 Å². The summed E-state index contributed by atoms with van der Waals surface area (Å²) in [4.78, 5) is 29.4. The number of hydrogen-bond acceptors (Lipinski definition) is 10. The number of nitrogens with zero attached hydrogens (tertiary/aromatic N) is 6. The van der Waals surface area contributed by atoms with Gasteiger partial charge in [0.1, 0.15) is 47.0 Å². The van der Waals surface area contributed by atoms with Gasteiger partial charge in [-0.1, -0.05) is 17.7 Å². The number of carbonyl (C=O) groups excluding carboxylic acids is 1. The molecule has 2 aromatic heterocycles. The number of carbonyl (C=O) groups is 1. The number of nitrogens with one attached hydrogen (secondary N) is 1. The quantitative estimate of drug-likeness (QED) is 0.226. The fourth-order valence-electron chi connectivity index (χ4n) is 9.79. The van der Waals surface area contributed by atoms with Gasteiger partial charge in [-0.2, -0.15) is 15.2 Å². The molecule has 0 bridgehead atoms. The average molecular weight is 749 g/mol. The van der Waals surface area contributed by atoms with Gasteiger partial charge in [0.2, 0.25) is 5.91 Å². The van der Waals surface area contributed by atoms with Crippen LogP contribution < -0.4 is 20.7 Å². The molecule has 1 aliphatic carbocycles. The smallest absolute Gasteiger partial charge is 0.319 e. The Hall–Kier alpha value is -3.90. The molecule has 5 saturated heterocycles. The molecule has 6 aliphatic rings. The normalized spacial score (nSPS) is 29.6. The second kappa shape index (κ2) is 11.8. The van der Waals surface area contributed by atoms with E-state index in [4.69, 9.17) is 27.1 Å². The maximum Gasteiger partial charge on any atom is 0.319 e. The van der Waals surface area contributed by atoms with Crippen LogP contribution in [0.15, 0.2) is 18.2 Å². The summed E-state index contributed by atoms with van der Waals surface area (Å²) in [6.07, 6.45) is 4.93. The fraction of sp³-hybridized carbons (Fsp3) is 0.514. The van der Waals surface area contributed by atoms with E-state index in [9.17, 15) is 18.8 Å². The van der Waals surface area contributed by atoms with Crippen LogP contribution in [0.2, 0.25) is 5.02 Å². The number of nitrogens with two attached hydrogens (primary N) is 1. The number of alkyl halides is 1. The number of ether oxygens (including phenoxy) is 1. The Kier molecular flexibility index (Phi) is 7.43. The van der Waals surface area contributed by atoms with Crippen molar-refractivity contribution in [1.82, 2.24) is 25.1 Å². The fourth-order valence-corrected chi connectivity index (χ4v) is 11.0. The number of halogens is 4. The zero-order valence-corrected chi connectivity index (χ0v) is 29.8. The molecule has 1 amide bonds. The molecule has 10 rings (SSSR count). The predicted molar refractivity (Wildman–Crippen MR) is 192 cm³/mol. The number of anilines is 2. The molecule has 15 heteroatoms. The van der Waals surface area contributed by atoms with Gasteiger partial charge < -0.3 is 20.3 Å². The highest BCUT2D eigenvalue weighted by molar-refractivity contribution is 7.23. The van der Waals surface area contributed by atoms with E-state index in [1.54, 1.807) is 6.07 Å². The van der Waals surface area contributed by atoms with Crippen molar-refractivity contribution in [1.29, 1.82) is 5.26 Å². The van der Waals surface area contributed by atoms with E-state index >= 15 is 4.39 Å². The molecule has 7 heterocycles. The number of nitrogen functional groups attached to an aromatic ring is 1. The molecule has 52 heavy (non-hydrogen) atoms. The summed E-state index contributed by atoms with van der Waals surface area (Å²) < 4.78 is 53.3. The maximum absolute atomic E-state index is 17.2. The van der Waals surface area contributed by atoms with Crippen molar-refractivity contribution in [3.05, 3.63) is 40.4 Å². The molecular formula is C37H36ClF3N8O2S. The number of hydrogen-bond donors (Lipinski definition) is 2. The van der Waals surface area contributed by atoms with Crippen LogP contribution in [0.1, 0.15) is 50.5 Å². The van der Waals surface area contributed by atoms with Crippen LogP contribution >= 0.6 is 22.9 Å². The van der Waals surface area contributed by atoms with Gasteiger partial charge in [0.25, 0.3) is 0 Å². The largest absolute Gasteiger partial charge is 0.461 e. The van der Waals surface area contributed by atoms with Gasteiger partial charge in [0.05, 0.1) is 32.9 Å². The van der Waals surface area contributed by atoms with Crippen LogP contribution in [0.5, 0.6) is 6.01 Å². The third-order valence-corrected chi connectivity index (χ3v) is 13.7. The number of thiophene rings is 1. The van der Waals surface area contributed by atoms with Crippen molar-refractivity contribution in [3.8, 4) is 23.2 Å². The number of aromatic nitrogens is 2. The number of rotatable bonds is 7. The first kappa shape index (κ1) is 32.7. The van der Waals surface area contributed by atoms with Gasteiger partial charge in [-0.25, -0.2) is 13.2 Å². The molecule has 3 N–H and O–H groups in total. The summed E-state index contributed by atoms with van der Waals surface area (Å²) in [6, 6.07) is 6.34. The van der Waals surface area contributed by atoms with Gasteiger partial charge in [0.15, 0.2) is 5.82 Å². The van der Waals surface area contributed by atoms with Crippen LogP contribution in [0, 0.1) is 28.9 Å². The first-order valence-electron chi connectivity index (χ1n) is 18.1. The summed E-state index contributed by atoms with van der Waals surface area (Å²) >= 11 is 7.86. The van der Waals surface area contributed by atoms with Crippen LogP contribution in [-0.2, 0) is 4.79 Å². The minimum absolute atomic E-state index is 0.0180. The lowest BCUT2D eigenvalue weighted by Gasteiger charge is -2.31. The number of benzene rings is 2. The Morgan fingerprint density at radius 1 is 1.17 bits per heavy atom. The zero-order chi connectivity index (χ0) is 35.6. The van der Waals surface area contributed by atoms with Crippen molar-refractivity contribution in [2.45, 2.75) is 80.8 Å².